The number of nitrogens with zero attached hydrogens (tertiary/aromatic N) is 3. The highest BCUT2D eigenvalue weighted by Gasteiger charge is 2.43. The number of carbonyl (C=O) groups excluding carboxylic acids is 3. The fourth-order valence-corrected chi connectivity index (χ4v) is 7.70. The lowest BCUT2D eigenvalue weighted by Gasteiger charge is -2.36. The van der Waals surface area contributed by atoms with Crippen LogP contribution in [0, 0.1) is 0 Å². The number of hydrogen-bond acceptors (Lipinski definition) is 9. The van der Waals surface area contributed by atoms with Crippen LogP contribution < -0.4 is 10.6 Å². The van der Waals surface area contributed by atoms with E-state index >= 15 is 0 Å². The number of phenolic OH excluding ortho intramolecular Hbond substituents is 1. The van der Waals surface area contributed by atoms with Crippen molar-refractivity contribution in [2.45, 2.75) is 95.7 Å². The van der Waals surface area contributed by atoms with Crippen LogP contribution in [-0.4, -0.2) is 109 Å². The number of methoxy groups -OCH3 is 2. The van der Waals surface area contributed by atoms with Crippen molar-refractivity contribution in [3.05, 3.63) is 84.4 Å². The lowest BCUT2D eigenvalue weighted by atomic mass is 10.0. The van der Waals surface area contributed by atoms with Gasteiger partial charge in [-0.2, -0.15) is 0 Å². The number of hydrogen-bond donors (Lipinski definition) is 3. The Labute approximate surface area is 332 Å². The molecule has 3 aromatic carbocycles. The number of likely N-dealkylation sites (tertiary alicyclic amines) is 2. The van der Waals surface area contributed by atoms with Crippen LogP contribution >= 0.6 is 0 Å². The van der Waals surface area contributed by atoms with E-state index in [4.69, 9.17) is 14.2 Å². The Balaban J connectivity index is 0.958. The van der Waals surface area contributed by atoms with Crippen molar-refractivity contribution in [2.24, 2.45) is 0 Å². The predicted octanol–water partition coefficient (Wildman–Crippen LogP) is 6.99. The molecule has 12 nitrogen and oxygen atoms in total. The minimum Gasteiger partial charge on any atom is -0.508 e. The molecule has 3 N–H and O–H groups in total. The molecule has 3 aromatic rings. The molecule has 0 saturated carbocycles. The predicted molar refractivity (Wildman–Crippen MR) is 218 cm³/mol. The van der Waals surface area contributed by atoms with E-state index in [2.05, 4.69) is 27.4 Å². The van der Waals surface area contributed by atoms with Gasteiger partial charge in [0.15, 0.2) is 0 Å². The van der Waals surface area contributed by atoms with Crippen molar-refractivity contribution in [3.63, 3.8) is 0 Å². The summed E-state index contributed by atoms with van der Waals surface area (Å²) in [6.07, 6.45) is 6.67. The molecule has 5 rings (SSSR count). The maximum atomic E-state index is 13.5. The SMILES string of the molecule is CO[C@@H]1CC[C@@](C)(OC)N1CCCC(=O)N(CCCCCNC(=O)CCN1CCC(OC(=O)Nc2ccccc2-c2ccccc2)CC1)Cc1ccc(O)cc1. The van der Waals surface area contributed by atoms with E-state index in [0.29, 0.717) is 57.7 Å². The van der Waals surface area contributed by atoms with Gasteiger partial charge >= 0.3 is 6.09 Å². The molecule has 12 heteroatoms. The highest BCUT2D eigenvalue weighted by molar-refractivity contribution is 5.91. The second-order valence-corrected chi connectivity index (χ2v) is 15.0. The van der Waals surface area contributed by atoms with E-state index in [1.165, 1.54) is 0 Å². The molecule has 304 valence electrons. The number of nitrogens with one attached hydrogen (secondary N) is 2. The number of aromatic hydroxyl groups is 1. The van der Waals surface area contributed by atoms with E-state index < -0.39 is 11.8 Å². The summed E-state index contributed by atoms with van der Waals surface area (Å²) < 4.78 is 17.3. The zero-order valence-electron chi connectivity index (χ0n) is 33.4. The van der Waals surface area contributed by atoms with Crippen molar-refractivity contribution in [3.8, 4) is 16.9 Å². The zero-order valence-corrected chi connectivity index (χ0v) is 33.4. The van der Waals surface area contributed by atoms with Gasteiger partial charge in [-0.3, -0.25) is 19.8 Å². The van der Waals surface area contributed by atoms with Crippen LogP contribution in [-0.2, 0) is 30.3 Å². The van der Waals surface area contributed by atoms with Crippen molar-refractivity contribution in [1.29, 1.82) is 0 Å². The second kappa shape index (κ2) is 21.7. The third-order valence-electron chi connectivity index (χ3n) is 11.1. The molecule has 0 spiro atoms. The number of piperidine rings is 1. The Kier molecular flexibility index (Phi) is 16.5. The summed E-state index contributed by atoms with van der Waals surface area (Å²) >= 11 is 0. The van der Waals surface area contributed by atoms with Crippen molar-refractivity contribution < 1.29 is 33.7 Å². The zero-order chi connectivity index (χ0) is 39.8. The van der Waals surface area contributed by atoms with E-state index in [-0.39, 0.29) is 29.9 Å². The summed E-state index contributed by atoms with van der Waals surface area (Å²) in [5.41, 5.74) is 3.26. The molecule has 2 atom stereocenters. The average Bonchev–Trinajstić information content (AvgIpc) is 3.54. The number of carbonyl (C=O) groups is 3. The normalized spacial score (nSPS) is 19.1. The molecule has 0 bridgehead atoms. The van der Waals surface area contributed by atoms with Crippen molar-refractivity contribution in [2.75, 3.05) is 58.8 Å². The molecule has 0 aromatic heterocycles. The van der Waals surface area contributed by atoms with Gasteiger partial charge < -0.3 is 34.4 Å². The molecule has 0 aliphatic carbocycles. The Morgan fingerprint density at radius 3 is 2.32 bits per heavy atom. The summed E-state index contributed by atoms with van der Waals surface area (Å²) in [6.45, 7) is 6.68. The first-order valence-electron chi connectivity index (χ1n) is 20.2. The maximum Gasteiger partial charge on any atom is 0.411 e. The van der Waals surface area contributed by atoms with Gasteiger partial charge in [0.1, 0.15) is 23.8 Å². The third kappa shape index (κ3) is 12.8. The van der Waals surface area contributed by atoms with Crippen LogP contribution in [0.4, 0.5) is 10.5 Å². The molecular formula is C44H61N5O7. The van der Waals surface area contributed by atoms with Gasteiger partial charge in [0.05, 0.1) is 5.69 Å². The third-order valence-corrected chi connectivity index (χ3v) is 11.1. The molecule has 2 fully saturated rings. The number of benzene rings is 3. The molecule has 2 aliphatic heterocycles. The first kappa shape index (κ1) is 42.6. The monoisotopic (exact) mass is 771 g/mol. The lowest BCUT2D eigenvalue weighted by Crippen LogP contribution is -2.47. The average molecular weight is 772 g/mol. The van der Waals surface area contributed by atoms with E-state index in [1.807, 2.05) is 71.6 Å². The van der Waals surface area contributed by atoms with Crippen molar-refractivity contribution >= 4 is 23.6 Å². The van der Waals surface area contributed by atoms with E-state index in [9.17, 15) is 19.5 Å². The maximum absolute atomic E-state index is 13.5. The summed E-state index contributed by atoms with van der Waals surface area (Å²) in [7, 11) is 3.44. The number of phenols is 1. The minimum absolute atomic E-state index is 0.0156. The number of amides is 3. The summed E-state index contributed by atoms with van der Waals surface area (Å²) in [6, 6.07) is 24.6. The van der Waals surface area contributed by atoms with Crippen LogP contribution in [0.15, 0.2) is 78.9 Å². The highest BCUT2D eigenvalue weighted by Crippen LogP contribution is 2.35. The number of anilines is 1. The van der Waals surface area contributed by atoms with Crippen LogP contribution in [0.5, 0.6) is 5.75 Å². The molecular weight excluding hydrogens is 711 g/mol. The van der Waals surface area contributed by atoms with Gasteiger partial charge in [0, 0.05) is 78.4 Å². The standard InChI is InChI=1S/C44H61N5O7/c1-44(55-3)26-22-42(54-2)49(44)29-12-17-41(52)48(33-34-18-20-36(50)21-19-34)28-11-5-10-27-45-40(51)25-32-47-30-23-37(24-31-47)56-43(53)46-39-16-9-8-15-38(39)35-13-6-4-7-14-35/h4,6-9,13-16,18-21,37,42,50H,5,10-12,17,22-33H2,1-3H3,(H,45,51)(H,46,53)/t42-,44-/m1/s1. The fraction of sp³-hybridized carbons (Fsp3) is 0.523. The fourth-order valence-electron chi connectivity index (χ4n) is 7.70. The first-order valence-corrected chi connectivity index (χ1v) is 20.2. The first-order chi connectivity index (χ1) is 27.2. The van der Waals surface area contributed by atoms with E-state index in [1.54, 1.807) is 26.4 Å². The Morgan fingerprint density at radius 1 is 0.857 bits per heavy atom. The quantitative estimate of drug-likeness (QED) is 0.104. The van der Waals surface area contributed by atoms with Crippen LogP contribution in [0.1, 0.15) is 76.7 Å². The molecule has 2 aliphatic rings. The second-order valence-electron chi connectivity index (χ2n) is 15.0. The number of rotatable bonds is 20. The molecule has 2 heterocycles. The molecule has 2 saturated heterocycles. The van der Waals surface area contributed by atoms with Crippen LogP contribution in [0.3, 0.4) is 0 Å². The molecule has 0 unspecified atom stereocenters. The summed E-state index contributed by atoms with van der Waals surface area (Å²) in [4.78, 5) is 45.3. The number of unbranched alkanes of at least 4 members (excludes halogenated alkanes) is 2. The Bertz CT molecular complexity index is 1670. The van der Waals surface area contributed by atoms with Crippen LogP contribution in [0.25, 0.3) is 11.1 Å². The van der Waals surface area contributed by atoms with Gasteiger partial charge in [0.25, 0.3) is 0 Å². The van der Waals surface area contributed by atoms with Gasteiger partial charge in [-0.25, -0.2) is 4.79 Å². The molecule has 56 heavy (non-hydrogen) atoms. The van der Waals surface area contributed by atoms with Gasteiger partial charge in [-0.15, -0.1) is 0 Å². The van der Waals surface area contributed by atoms with Crippen molar-refractivity contribution in [1.82, 2.24) is 20.0 Å². The Morgan fingerprint density at radius 2 is 1.59 bits per heavy atom. The van der Waals surface area contributed by atoms with Crippen LogP contribution in [0.2, 0.25) is 0 Å². The van der Waals surface area contributed by atoms with E-state index in [0.717, 1.165) is 74.7 Å². The lowest BCUT2D eigenvalue weighted by molar-refractivity contribution is -0.152. The molecule has 3 amide bonds. The largest absolute Gasteiger partial charge is 0.508 e. The van der Waals surface area contributed by atoms with Gasteiger partial charge in [-0.1, -0.05) is 60.7 Å². The molecule has 0 radical (unpaired) electrons. The van der Waals surface area contributed by atoms with Gasteiger partial charge in [0.2, 0.25) is 11.8 Å². The summed E-state index contributed by atoms with van der Waals surface area (Å²) in [5, 5.41) is 15.7. The minimum atomic E-state index is -0.452. The Hall–Kier alpha value is -4.49. The highest BCUT2D eigenvalue weighted by atomic mass is 16.6. The smallest absolute Gasteiger partial charge is 0.411 e. The van der Waals surface area contributed by atoms with Gasteiger partial charge in [-0.05, 0) is 87.6 Å². The topological polar surface area (TPSA) is 133 Å². The summed E-state index contributed by atoms with van der Waals surface area (Å²) in [5.74, 6) is 0.329. The number of ether oxygens (including phenoxy) is 3. The number of para-hydroxylation sites is 1.